The van der Waals surface area contributed by atoms with Gasteiger partial charge in [-0.2, -0.15) is 0 Å². The van der Waals surface area contributed by atoms with E-state index in [1.54, 1.807) is 13.8 Å². The van der Waals surface area contributed by atoms with Crippen LogP contribution in [0.2, 0.25) is 0 Å². The van der Waals surface area contributed by atoms with Crippen LogP contribution in [0.4, 0.5) is 0 Å². The number of Topliss-reactive ketones (excluding diaryl/α,β-unsaturated/α-hetero) is 2. The van der Waals surface area contributed by atoms with Gasteiger partial charge in [0, 0.05) is 12.8 Å². The Morgan fingerprint density at radius 3 is 1.23 bits per heavy atom. The van der Waals surface area contributed by atoms with Crippen molar-refractivity contribution in [1.29, 1.82) is 0 Å². The van der Waals surface area contributed by atoms with Crippen LogP contribution in [-0.4, -0.2) is 11.6 Å². The summed E-state index contributed by atoms with van der Waals surface area (Å²) in [5.41, 5.74) is 2.48. The summed E-state index contributed by atoms with van der Waals surface area (Å²) >= 11 is 0. The maximum Gasteiger partial charge on any atom is 0.130 e. The van der Waals surface area contributed by atoms with Crippen LogP contribution >= 0.6 is 0 Å². The zero-order valence-corrected chi connectivity index (χ0v) is 13.4. The Labute approximate surface area is 133 Å². The highest BCUT2D eigenvalue weighted by Gasteiger charge is 1.94. The summed E-state index contributed by atoms with van der Waals surface area (Å²) in [6.45, 7) is 3.26. The van der Waals surface area contributed by atoms with Gasteiger partial charge in [-0.05, 0) is 37.8 Å². The minimum Gasteiger partial charge on any atom is -0.300 e. The average Bonchev–Trinajstić information content (AvgIpc) is 2.53. The first kappa shape index (κ1) is 17.8. The molecule has 116 valence electrons. The van der Waals surface area contributed by atoms with Crippen molar-refractivity contribution in [1.82, 2.24) is 0 Å². The molecular formula is C20H24O2. The van der Waals surface area contributed by atoms with Gasteiger partial charge in [-0.1, -0.05) is 60.7 Å². The van der Waals surface area contributed by atoms with Gasteiger partial charge in [0.05, 0.1) is 0 Å². The number of aryl methyl sites for hydroxylation is 2. The van der Waals surface area contributed by atoms with Crippen molar-refractivity contribution >= 4 is 11.6 Å². The molecule has 0 bridgehead atoms. The summed E-state index contributed by atoms with van der Waals surface area (Å²) in [5.74, 6) is 0.516. The molecule has 0 atom stereocenters. The van der Waals surface area contributed by atoms with Gasteiger partial charge in [0.25, 0.3) is 0 Å². The topological polar surface area (TPSA) is 34.1 Å². The fraction of sp³-hybridized carbons (Fsp3) is 0.300. The lowest BCUT2D eigenvalue weighted by Crippen LogP contribution is -1.92. The lowest BCUT2D eigenvalue weighted by molar-refractivity contribution is -0.117. The lowest BCUT2D eigenvalue weighted by Gasteiger charge is -1.96. The van der Waals surface area contributed by atoms with Gasteiger partial charge in [0.1, 0.15) is 11.6 Å². The predicted molar refractivity (Wildman–Crippen MR) is 90.9 cm³/mol. The molecule has 0 N–H and O–H groups in total. The Morgan fingerprint density at radius 2 is 0.955 bits per heavy atom. The van der Waals surface area contributed by atoms with Crippen molar-refractivity contribution in [3.63, 3.8) is 0 Å². The van der Waals surface area contributed by atoms with Crippen LogP contribution in [0.15, 0.2) is 60.7 Å². The van der Waals surface area contributed by atoms with E-state index in [1.807, 2.05) is 60.7 Å². The van der Waals surface area contributed by atoms with Crippen LogP contribution in [0.1, 0.15) is 37.8 Å². The highest BCUT2D eigenvalue weighted by atomic mass is 16.1. The molecule has 2 heteroatoms. The average molecular weight is 296 g/mol. The van der Waals surface area contributed by atoms with E-state index in [2.05, 4.69) is 0 Å². The Hall–Kier alpha value is -2.22. The maximum absolute atomic E-state index is 10.6. The van der Waals surface area contributed by atoms with E-state index in [0.29, 0.717) is 12.8 Å². The number of carbonyl (C=O) groups excluding carboxylic acids is 2. The van der Waals surface area contributed by atoms with E-state index < -0.39 is 0 Å². The third-order valence-electron chi connectivity index (χ3n) is 3.22. The fourth-order valence-electron chi connectivity index (χ4n) is 1.93. The second kappa shape index (κ2) is 10.5. The second-order valence-corrected chi connectivity index (χ2v) is 5.38. The van der Waals surface area contributed by atoms with Crippen LogP contribution in [-0.2, 0) is 22.4 Å². The van der Waals surface area contributed by atoms with E-state index >= 15 is 0 Å². The lowest BCUT2D eigenvalue weighted by atomic mass is 10.1. The summed E-state index contributed by atoms with van der Waals surface area (Å²) < 4.78 is 0. The number of rotatable bonds is 6. The zero-order valence-electron chi connectivity index (χ0n) is 13.4. The van der Waals surface area contributed by atoms with E-state index in [4.69, 9.17) is 0 Å². The Morgan fingerprint density at radius 1 is 0.636 bits per heavy atom. The third kappa shape index (κ3) is 8.85. The molecule has 0 aliphatic carbocycles. The summed E-state index contributed by atoms with van der Waals surface area (Å²) in [4.78, 5) is 21.2. The normalized spacial score (nSPS) is 9.55. The summed E-state index contributed by atoms with van der Waals surface area (Å²) in [7, 11) is 0. The molecule has 0 amide bonds. The fourth-order valence-corrected chi connectivity index (χ4v) is 1.93. The predicted octanol–water partition coefficient (Wildman–Crippen LogP) is 4.42. The van der Waals surface area contributed by atoms with Crippen molar-refractivity contribution < 1.29 is 9.59 Å². The van der Waals surface area contributed by atoms with Crippen molar-refractivity contribution in [3.8, 4) is 0 Å². The summed E-state index contributed by atoms with van der Waals surface area (Å²) in [5, 5.41) is 0. The van der Waals surface area contributed by atoms with Gasteiger partial charge in [-0.15, -0.1) is 0 Å². The second-order valence-electron chi connectivity index (χ2n) is 5.38. The van der Waals surface area contributed by atoms with Crippen LogP contribution < -0.4 is 0 Å². The van der Waals surface area contributed by atoms with Crippen molar-refractivity contribution in [2.75, 3.05) is 0 Å². The van der Waals surface area contributed by atoms with E-state index in [9.17, 15) is 9.59 Å². The van der Waals surface area contributed by atoms with Gasteiger partial charge in [-0.25, -0.2) is 0 Å². The molecule has 0 unspecified atom stereocenters. The number of carbonyl (C=O) groups is 2. The molecule has 0 saturated carbocycles. The molecule has 0 fully saturated rings. The molecule has 0 aliphatic rings. The molecule has 0 saturated heterocycles. The first-order chi connectivity index (χ1) is 10.6. The minimum absolute atomic E-state index is 0.258. The van der Waals surface area contributed by atoms with E-state index in [1.165, 1.54) is 11.1 Å². The molecule has 2 nitrogen and oxygen atoms in total. The first-order valence-electron chi connectivity index (χ1n) is 7.64. The minimum atomic E-state index is 0.258. The van der Waals surface area contributed by atoms with Crippen LogP contribution in [0, 0.1) is 0 Å². The Bertz CT molecular complexity index is 505. The number of benzene rings is 2. The Kier molecular flexibility index (Phi) is 8.51. The summed E-state index contributed by atoms with van der Waals surface area (Å²) in [6.07, 6.45) is 3.06. The molecule has 0 aliphatic heterocycles. The SMILES string of the molecule is CC(=O)CCc1ccccc1.CC(=O)CCc1ccccc1. The van der Waals surface area contributed by atoms with Crippen molar-refractivity contribution in [2.24, 2.45) is 0 Å². The van der Waals surface area contributed by atoms with Gasteiger partial charge in [0.2, 0.25) is 0 Å². The van der Waals surface area contributed by atoms with Crippen LogP contribution in [0.25, 0.3) is 0 Å². The molecule has 2 aromatic rings. The molecule has 2 aromatic carbocycles. The third-order valence-corrected chi connectivity index (χ3v) is 3.22. The smallest absolute Gasteiger partial charge is 0.130 e. The van der Waals surface area contributed by atoms with Crippen molar-refractivity contribution in [2.45, 2.75) is 39.5 Å². The molecule has 2 rings (SSSR count). The van der Waals surface area contributed by atoms with Gasteiger partial charge < -0.3 is 9.59 Å². The van der Waals surface area contributed by atoms with E-state index in [0.717, 1.165) is 12.8 Å². The largest absolute Gasteiger partial charge is 0.300 e. The Balaban J connectivity index is 0.000000220. The molecule has 0 radical (unpaired) electrons. The molecule has 0 spiro atoms. The van der Waals surface area contributed by atoms with Crippen LogP contribution in [0.5, 0.6) is 0 Å². The number of ketones is 2. The molecule has 0 heterocycles. The van der Waals surface area contributed by atoms with Crippen LogP contribution in [0.3, 0.4) is 0 Å². The molecular weight excluding hydrogens is 272 g/mol. The van der Waals surface area contributed by atoms with Gasteiger partial charge in [0.15, 0.2) is 0 Å². The monoisotopic (exact) mass is 296 g/mol. The first-order valence-corrected chi connectivity index (χ1v) is 7.64. The quantitative estimate of drug-likeness (QED) is 0.791. The standard InChI is InChI=1S/2C10H12O/c2*1-9(11)7-8-10-5-3-2-4-6-10/h2*2-6H,7-8H2,1H3. The highest BCUT2D eigenvalue weighted by molar-refractivity contribution is 5.76. The van der Waals surface area contributed by atoms with E-state index in [-0.39, 0.29) is 11.6 Å². The van der Waals surface area contributed by atoms with Crippen molar-refractivity contribution in [3.05, 3.63) is 71.8 Å². The highest BCUT2D eigenvalue weighted by Crippen LogP contribution is 2.02. The maximum atomic E-state index is 10.6. The number of hydrogen-bond donors (Lipinski definition) is 0. The molecule has 0 aromatic heterocycles. The zero-order chi connectivity index (χ0) is 16.2. The number of hydrogen-bond acceptors (Lipinski definition) is 2. The van der Waals surface area contributed by atoms with Gasteiger partial charge in [-0.3, -0.25) is 0 Å². The summed E-state index contributed by atoms with van der Waals surface area (Å²) in [6, 6.07) is 20.1. The molecule has 22 heavy (non-hydrogen) atoms. The van der Waals surface area contributed by atoms with Gasteiger partial charge >= 0.3 is 0 Å².